The fourth-order valence-electron chi connectivity index (χ4n) is 3.78. The molecule has 0 saturated carbocycles. The van der Waals surface area contributed by atoms with Gasteiger partial charge in [-0.05, 0) is 62.6 Å². The minimum absolute atomic E-state index is 0.0385. The van der Waals surface area contributed by atoms with Gasteiger partial charge in [-0.2, -0.15) is 0 Å². The maximum absolute atomic E-state index is 13.8. The Balaban J connectivity index is 2.35. The van der Waals surface area contributed by atoms with Gasteiger partial charge in [-0.1, -0.05) is 44.0 Å². The van der Waals surface area contributed by atoms with E-state index in [2.05, 4.69) is 17.6 Å². The number of carbonyl (C=O) groups excluding carboxylic acids is 3. The smallest absolute Gasteiger partial charge is 0.408 e. The van der Waals surface area contributed by atoms with Crippen LogP contribution in [0, 0.1) is 0 Å². The van der Waals surface area contributed by atoms with Crippen molar-refractivity contribution in [3.05, 3.63) is 59.7 Å². The van der Waals surface area contributed by atoms with Crippen LogP contribution in [0.5, 0.6) is 11.5 Å². The molecule has 0 saturated heterocycles. The number of unbranched alkanes of at least 4 members (excludes halogenated alkanes) is 2. The molecule has 0 aliphatic carbocycles. The zero-order valence-electron chi connectivity index (χ0n) is 22.3. The van der Waals surface area contributed by atoms with Crippen LogP contribution in [0.1, 0.15) is 64.1 Å². The Bertz CT molecular complexity index is 1030. The van der Waals surface area contributed by atoms with Crippen LogP contribution < -0.4 is 10.6 Å². The molecule has 0 bridgehead atoms. The van der Waals surface area contributed by atoms with Crippen LogP contribution >= 0.6 is 0 Å². The van der Waals surface area contributed by atoms with Crippen LogP contribution in [-0.4, -0.2) is 58.3 Å². The number of amides is 3. The van der Waals surface area contributed by atoms with E-state index in [1.54, 1.807) is 45.0 Å². The third-order valence-corrected chi connectivity index (χ3v) is 5.64. The van der Waals surface area contributed by atoms with Crippen LogP contribution in [0.4, 0.5) is 4.79 Å². The summed E-state index contributed by atoms with van der Waals surface area (Å²) in [5.74, 6) is -0.744. The van der Waals surface area contributed by atoms with E-state index in [0.717, 1.165) is 19.3 Å². The molecule has 0 aromatic heterocycles. The number of ether oxygens (including phenoxy) is 1. The van der Waals surface area contributed by atoms with E-state index in [4.69, 9.17) is 4.74 Å². The van der Waals surface area contributed by atoms with E-state index in [-0.39, 0.29) is 23.8 Å². The highest BCUT2D eigenvalue weighted by atomic mass is 16.6. The van der Waals surface area contributed by atoms with Gasteiger partial charge in [-0.15, -0.1) is 0 Å². The predicted octanol–water partition coefficient (Wildman–Crippen LogP) is 4.04. The van der Waals surface area contributed by atoms with E-state index in [0.29, 0.717) is 17.7 Å². The summed E-state index contributed by atoms with van der Waals surface area (Å²) in [5.41, 5.74) is 0.447. The molecule has 2 unspecified atom stereocenters. The highest BCUT2D eigenvalue weighted by Crippen LogP contribution is 2.24. The van der Waals surface area contributed by atoms with Crippen molar-refractivity contribution >= 4 is 17.9 Å². The number of phenolic OH excluding ortho intramolecular Hbond substituents is 2. The summed E-state index contributed by atoms with van der Waals surface area (Å²) in [6.45, 7) is 7.70. The summed E-state index contributed by atoms with van der Waals surface area (Å²) in [4.78, 5) is 40.9. The Morgan fingerprint density at radius 3 is 2.05 bits per heavy atom. The van der Waals surface area contributed by atoms with Crippen molar-refractivity contribution in [2.45, 2.75) is 71.1 Å². The SMILES string of the molecule is CCCCCNC(=O)C(c1ccc(O)cc1)N(C)C(=O)C(Cc1ccc(O)cc1)NC(=O)OC(C)(C)C. The number of benzene rings is 2. The van der Waals surface area contributed by atoms with Crippen LogP contribution in [-0.2, 0) is 20.7 Å². The lowest BCUT2D eigenvalue weighted by Crippen LogP contribution is -2.52. The van der Waals surface area contributed by atoms with Crippen molar-refractivity contribution < 1.29 is 29.3 Å². The van der Waals surface area contributed by atoms with Crippen LogP contribution in [0.25, 0.3) is 0 Å². The normalized spacial score (nSPS) is 12.8. The number of phenols is 2. The average molecular weight is 514 g/mol. The molecular weight excluding hydrogens is 474 g/mol. The Hall–Kier alpha value is -3.75. The largest absolute Gasteiger partial charge is 0.508 e. The number of likely N-dealkylation sites (N-methyl/N-ethyl adjacent to an activating group) is 1. The van der Waals surface area contributed by atoms with Gasteiger partial charge in [0.15, 0.2) is 0 Å². The number of carbonyl (C=O) groups is 3. The van der Waals surface area contributed by atoms with E-state index in [9.17, 15) is 24.6 Å². The summed E-state index contributed by atoms with van der Waals surface area (Å²) in [6.07, 6.45) is 2.14. The highest BCUT2D eigenvalue weighted by Gasteiger charge is 2.34. The molecule has 0 spiro atoms. The van der Waals surface area contributed by atoms with Crippen molar-refractivity contribution in [2.75, 3.05) is 13.6 Å². The van der Waals surface area contributed by atoms with Gasteiger partial charge in [0, 0.05) is 20.0 Å². The number of alkyl carbamates (subject to hydrolysis) is 1. The third kappa shape index (κ3) is 9.67. The van der Waals surface area contributed by atoms with Gasteiger partial charge < -0.3 is 30.5 Å². The number of hydrogen-bond acceptors (Lipinski definition) is 6. The molecule has 202 valence electrons. The summed E-state index contributed by atoms with van der Waals surface area (Å²) in [6, 6.07) is 10.4. The number of rotatable bonds is 11. The molecule has 9 heteroatoms. The standard InChI is InChI=1S/C28H39N3O6/c1-6-7-8-17-29-25(34)24(20-11-15-22(33)16-12-20)31(5)26(35)23(30-27(36)37-28(2,3)4)18-19-9-13-21(32)14-10-19/h9-16,23-24,32-33H,6-8,17-18H2,1-5H3,(H,29,34)(H,30,36). The molecular formula is C28H39N3O6. The minimum Gasteiger partial charge on any atom is -0.508 e. The molecule has 2 rings (SSSR count). The van der Waals surface area contributed by atoms with Crippen molar-refractivity contribution in [3.63, 3.8) is 0 Å². The molecule has 2 atom stereocenters. The fourth-order valence-corrected chi connectivity index (χ4v) is 3.78. The monoisotopic (exact) mass is 513 g/mol. The van der Waals surface area contributed by atoms with Gasteiger partial charge in [0.05, 0.1) is 0 Å². The van der Waals surface area contributed by atoms with Gasteiger partial charge in [-0.3, -0.25) is 9.59 Å². The molecule has 0 heterocycles. The van der Waals surface area contributed by atoms with Gasteiger partial charge in [0.1, 0.15) is 29.2 Å². The lowest BCUT2D eigenvalue weighted by Gasteiger charge is -2.31. The van der Waals surface area contributed by atoms with Crippen LogP contribution in [0.15, 0.2) is 48.5 Å². The van der Waals surface area contributed by atoms with Gasteiger partial charge in [0.2, 0.25) is 11.8 Å². The molecule has 2 aromatic rings. The van der Waals surface area contributed by atoms with Gasteiger partial charge in [0.25, 0.3) is 0 Å². The molecule has 2 aromatic carbocycles. The molecule has 0 aliphatic rings. The van der Waals surface area contributed by atoms with Crippen LogP contribution in [0.2, 0.25) is 0 Å². The van der Waals surface area contributed by atoms with Crippen molar-refractivity contribution in [3.8, 4) is 11.5 Å². The first-order valence-electron chi connectivity index (χ1n) is 12.5. The molecule has 4 N–H and O–H groups in total. The molecule has 9 nitrogen and oxygen atoms in total. The highest BCUT2D eigenvalue weighted by molar-refractivity contribution is 5.92. The Morgan fingerprint density at radius 2 is 1.51 bits per heavy atom. The Kier molecular flexibility index (Phi) is 10.8. The first kappa shape index (κ1) is 29.5. The second-order valence-electron chi connectivity index (χ2n) is 10.0. The quantitative estimate of drug-likeness (QED) is 0.336. The van der Waals surface area contributed by atoms with Crippen molar-refractivity contribution in [1.29, 1.82) is 0 Å². The summed E-state index contributed by atoms with van der Waals surface area (Å²) >= 11 is 0. The molecule has 0 fully saturated rings. The number of nitrogens with zero attached hydrogens (tertiary/aromatic N) is 1. The summed E-state index contributed by atoms with van der Waals surface area (Å²) < 4.78 is 5.37. The van der Waals surface area contributed by atoms with E-state index >= 15 is 0 Å². The van der Waals surface area contributed by atoms with Gasteiger partial charge in [-0.25, -0.2) is 4.79 Å². The van der Waals surface area contributed by atoms with E-state index in [1.807, 2.05) is 0 Å². The molecule has 0 radical (unpaired) electrons. The lowest BCUT2D eigenvalue weighted by molar-refractivity contribution is -0.140. The first-order chi connectivity index (χ1) is 17.4. The predicted molar refractivity (Wildman–Crippen MR) is 141 cm³/mol. The van der Waals surface area contributed by atoms with E-state index < -0.39 is 29.7 Å². The van der Waals surface area contributed by atoms with Gasteiger partial charge >= 0.3 is 6.09 Å². The number of nitrogens with one attached hydrogen (secondary N) is 2. The molecule has 3 amide bonds. The molecule has 0 aliphatic heterocycles. The lowest BCUT2D eigenvalue weighted by atomic mass is 10.0. The second kappa shape index (κ2) is 13.5. The summed E-state index contributed by atoms with van der Waals surface area (Å²) in [5, 5.41) is 24.9. The summed E-state index contributed by atoms with van der Waals surface area (Å²) in [7, 11) is 1.51. The fraction of sp³-hybridized carbons (Fsp3) is 0.464. The van der Waals surface area contributed by atoms with Crippen molar-refractivity contribution in [1.82, 2.24) is 15.5 Å². The Morgan fingerprint density at radius 1 is 0.946 bits per heavy atom. The van der Waals surface area contributed by atoms with E-state index in [1.165, 1.54) is 36.2 Å². The average Bonchev–Trinajstić information content (AvgIpc) is 2.82. The zero-order chi connectivity index (χ0) is 27.6. The molecule has 37 heavy (non-hydrogen) atoms. The Labute approximate surface area is 218 Å². The maximum atomic E-state index is 13.8. The third-order valence-electron chi connectivity index (χ3n) is 5.64. The first-order valence-corrected chi connectivity index (χ1v) is 12.5. The zero-order valence-corrected chi connectivity index (χ0v) is 22.3. The number of aromatic hydroxyl groups is 2. The maximum Gasteiger partial charge on any atom is 0.408 e. The minimum atomic E-state index is -1.04. The van der Waals surface area contributed by atoms with Crippen molar-refractivity contribution in [2.24, 2.45) is 0 Å². The number of hydrogen-bond donors (Lipinski definition) is 4. The van der Waals surface area contributed by atoms with Crippen LogP contribution in [0.3, 0.4) is 0 Å². The second-order valence-corrected chi connectivity index (χ2v) is 10.0. The topological polar surface area (TPSA) is 128 Å².